The van der Waals surface area contributed by atoms with E-state index in [2.05, 4.69) is 5.32 Å². The van der Waals surface area contributed by atoms with Gasteiger partial charge in [0.25, 0.3) is 0 Å². The molecule has 0 aromatic heterocycles. The molecule has 0 aliphatic rings. The van der Waals surface area contributed by atoms with Crippen molar-refractivity contribution in [2.45, 2.75) is 31.9 Å². The molecule has 2 atom stereocenters. The number of phenolic OH excluding ortho intramolecular Hbond substituents is 1. The topological polar surface area (TPSA) is 69.6 Å². The summed E-state index contributed by atoms with van der Waals surface area (Å²) in [5, 5.41) is 22.2. The summed E-state index contributed by atoms with van der Waals surface area (Å²) in [6, 6.07) is 15.8. The van der Waals surface area contributed by atoms with Gasteiger partial charge in [-0.2, -0.15) is 0 Å². The van der Waals surface area contributed by atoms with Crippen molar-refractivity contribution in [1.29, 1.82) is 0 Å². The van der Waals surface area contributed by atoms with Gasteiger partial charge in [0, 0.05) is 6.04 Å². The van der Waals surface area contributed by atoms with E-state index in [1.165, 1.54) is 0 Å². The zero-order chi connectivity index (χ0) is 15.9. The molecule has 0 saturated heterocycles. The number of rotatable bonds is 6. The Morgan fingerprint density at radius 1 is 1.09 bits per heavy atom. The Balaban J connectivity index is 1.82. The normalized spacial score (nSPS) is 13.4. The van der Waals surface area contributed by atoms with Crippen molar-refractivity contribution in [1.82, 2.24) is 5.32 Å². The first kappa shape index (κ1) is 16.0. The lowest BCUT2D eigenvalue weighted by Gasteiger charge is -2.18. The highest BCUT2D eigenvalue weighted by Crippen LogP contribution is 2.17. The predicted octanol–water partition coefficient (Wildman–Crippen LogP) is 2.56. The fourth-order valence-electron chi connectivity index (χ4n) is 2.33. The number of hydrogen-bond acceptors (Lipinski definition) is 3. The molecule has 0 radical (unpaired) electrons. The molecule has 116 valence electrons. The maximum atomic E-state index is 12.0. The molecule has 2 aromatic rings. The fraction of sp³-hybridized carbons (Fsp3) is 0.278. The molecule has 0 fully saturated rings. The highest BCUT2D eigenvalue weighted by atomic mass is 16.3. The number of hydrogen-bond donors (Lipinski definition) is 3. The molecule has 3 N–H and O–H groups in total. The van der Waals surface area contributed by atoms with Crippen LogP contribution in [-0.2, 0) is 11.2 Å². The van der Waals surface area contributed by atoms with E-state index in [4.69, 9.17) is 0 Å². The minimum atomic E-state index is -0.592. The van der Waals surface area contributed by atoms with Crippen LogP contribution in [-0.4, -0.2) is 22.2 Å². The second kappa shape index (κ2) is 7.61. The largest absolute Gasteiger partial charge is 0.508 e. The molecule has 2 rings (SSSR count). The fourth-order valence-corrected chi connectivity index (χ4v) is 2.33. The van der Waals surface area contributed by atoms with E-state index >= 15 is 0 Å². The van der Waals surface area contributed by atoms with E-state index < -0.39 is 6.10 Å². The molecule has 0 saturated carbocycles. The van der Waals surface area contributed by atoms with Crippen molar-refractivity contribution in [3.8, 4) is 5.75 Å². The number of aliphatic hydroxyl groups excluding tert-OH is 1. The third-order valence-corrected chi connectivity index (χ3v) is 3.47. The molecule has 0 heterocycles. The average molecular weight is 299 g/mol. The van der Waals surface area contributed by atoms with Crippen molar-refractivity contribution >= 4 is 5.91 Å². The van der Waals surface area contributed by atoms with Gasteiger partial charge in [0.05, 0.1) is 12.5 Å². The number of aliphatic hydroxyl groups is 1. The van der Waals surface area contributed by atoms with Gasteiger partial charge in [0.2, 0.25) is 5.91 Å². The second-order valence-electron chi connectivity index (χ2n) is 5.47. The molecular weight excluding hydrogens is 278 g/mol. The van der Waals surface area contributed by atoms with Gasteiger partial charge < -0.3 is 15.5 Å². The Morgan fingerprint density at radius 2 is 1.73 bits per heavy atom. The van der Waals surface area contributed by atoms with Crippen LogP contribution in [0.1, 0.15) is 30.6 Å². The third kappa shape index (κ3) is 4.90. The van der Waals surface area contributed by atoms with Crippen molar-refractivity contribution in [2.24, 2.45) is 0 Å². The Labute approximate surface area is 130 Å². The smallest absolute Gasteiger partial charge is 0.224 e. The van der Waals surface area contributed by atoms with Crippen LogP contribution in [0.5, 0.6) is 5.75 Å². The average Bonchev–Trinajstić information content (AvgIpc) is 2.50. The van der Waals surface area contributed by atoms with Gasteiger partial charge in [0.15, 0.2) is 0 Å². The van der Waals surface area contributed by atoms with E-state index in [-0.39, 0.29) is 24.1 Å². The summed E-state index contributed by atoms with van der Waals surface area (Å²) in [4.78, 5) is 12.0. The van der Waals surface area contributed by atoms with E-state index in [0.29, 0.717) is 6.42 Å². The SMILES string of the molecule is CC(CC(O)c1ccccc1)NC(=O)Cc1ccc(O)cc1. The number of aromatic hydroxyl groups is 1. The van der Waals surface area contributed by atoms with Crippen molar-refractivity contribution in [2.75, 3.05) is 0 Å². The Bertz CT molecular complexity index is 595. The number of nitrogens with one attached hydrogen (secondary N) is 1. The van der Waals surface area contributed by atoms with Crippen LogP contribution in [0.25, 0.3) is 0 Å². The standard InChI is InChI=1S/C18H21NO3/c1-13(11-17(21)15-5-3-2-4-6-15)19-18(22)12-14-7-9-16(20)10-8-14/h2-10,13,17,20-21H,11-12H2,1H3,(H,19,22). The summed E-state index contributed by atoms with van der Waals surface area (Å²) < 4.78 is 0. The van der Waals surface area contributed by atoms with Crippen LogP contribution in [0.15, 0.2) is 54.6 Å². The summed E-state index contributed by atoms with van der Waals surface area (Å²) in [5.41, 5.74) is 1.69. The Kier molecular flexibility index (Phi) is 5.55. The summed E-state index contributed by atoms with van der Waals surface area (Å²) >= 11 is 0. The number of benzene rings is 2. The molecule has 2 aromatic carbocycles. The van der Waals surface area contributed by atoms with E-state index in [9.17, 15) is 15.0 Å². The molecule has 1 amide bonds. The van der Waals surface area contributed by atoms with Crippen LogP contribution in [0.3, 0.4) is 0 Å². The maximum Gasteiger partial charge on any atom is 0.224 e. The highest BCUT2D eigenvalue weighted by molar-refractivity contribution is 5.78. The number of carbonyl (C=O) groups is 1. The quantitative estimate of drug-likeness (QED) is 0.768. The number of carbonyl (C=O) groups excluding carboxylic acids is 1. The first-order chi connectivity index (χ1) is 10.5. The molecule has 0 aliphatic carbocycles. The summed E-state index contributed by atoms with van der Waals surface area (Å²) in [6.07, 6.45) is 0.127. The molecule has 0 aliphatic heterocycles. The van der Waals surface area contributed by atoms with Crippen LogP contribution >= 0.6 is 0 Å². The van der Waals surface area contributed by atoms with Crippen LogP contribution in [0, 0.1) is 0 Å². The van der Waals surface area contributed by atoms with Gasteiger partial charge >= 0.3 is 0 Å². The molecule has 4 nitrogen and oxygen atoms in total. The van der Waals surface area contributed by atoms with Gasteiger partial charge in [-0.25, -0.2) is 0 Å². The minimum absolute atomic E-state index is 0.0987. The molecular formula is C18H21NO3. The van der Waals surface area contributed by atoms with E-state index in [0.717, 1.165) is 11.1 Å². The molecule has 0 bridgehead atoms. The van der Waals surface area contributed by atoms with Crippen LogP contribution in [0.4, 0.5) is 0 Å². The molecule has 0 spiro atoms. The molecule has 22 heavy (non-hydrogen) atoms. The zero-order valence-corrected chi connectivity index (χ0v) is 12.6. The first-order valence-corrected chi connectivity index (χ1v) is 7.35. The maximum absolute atomic E-state index is 12.0. The van der Waals surface area contributed by atoms with E-state index in [1.807, 2.05) is 37.3 Å². The predicted molar refractivity (Wildman–Crippen MR) is 85.4 cm³/mol. The monoisotopic (exact) mass is 299 g/mol. The van der Waals surface area contributed by atoms with Gasteiger partial charge in [-0.15, -0.1) is 0 Å². The first-order valence-electron chi connectivity index (χ1n) is 7.35. The lowest BCUT2D eigenvalue weighted by Crippen LogP contribution is -2.34. The van der Waals surface area contributed by atoms with Gasteiger partial charge in [-0.1, -0.05) is 42.5 Å². The van der Waals surface area contributed by atoms with Gasteiger partial charge in [-0.3, -0.25) is 4.79 Å². The van der Waals surface area contributed by atoms with Crippen LogP contribution in [0.2, 0.25) is 0 Å². The third-order valence-electron chi connectivity index (χ3n) is 3.47. The highest BCUT2D eigenvalue weighted by Gasteiger charge is 2.14. The minimum Gasteiger partial charge on any atom is -0.508 e. The number of phenols is 1. The lowest BCUT2D eigenvalue weighted by atomic mass is 10.0. The Hall–Kier alpha value is -2.33. The Morgan fingerprint density at radius 3 is 2.36 bits per heavy atom. The molecule has 2 unspecified atom stereocenters. The summed E-state index contributed by atoms with van der Waals surface area (Å²) in [7, 11) is 0. The molecule has 4 heteroatoms. The summed E-state index contributed by atoms with van der Waals surface area (Å²) in [5.74, 6) is 0.0851. The van der Waals surface area contributed by atoms with E-state index in [1.54, 1.807) is 24.3 Å². The lowest BCUT2D eigenvalue weighted by molar-refractivity contribution is -0.121. The van der Waals surface area contributed by atoms with Gasteiger partial charge in [0.1, 0.15) is 5.75 Å². The zero-order valence-electron chi connectivity index (χ0n) is 12.6. The number of amides is 1. The second-order valence-corrected chi connectivity index (χ2v) is 5.47. The van der Waals surface area contributed by atoms with Crippen molar-refractivity contribution in [3.05, 3.63) is 65.7 Å². The van der Waals surface area contributed by atoms with Crippen molar-refractivity contribution in [3.63, 3.8) is 0 Å². The van der Waals surface area contributed by atoms with Gasteiger partial charge in [-0.05, 0) is 36.6 Å². The van der Waals surface area contributed by atoms with Crippen LogP contribution < -0.4 is 5.32 Å². The summed E-state index contributed by atoms with van der Waals surface area (Å²) in [6.45, 7) is 1.88. The van der Waals surface area contributed by atoms with Crippen molar-refractivity contribution < 1.29 is 15.0 Å².